The van der Waals surface area contributed by atoms with Crippen molar-refractivity contribution < 1.29 is 4.79 Å². The molecule has 3 rings (SSSR count). The molecule has 1 aromatic heterocycles. The lowest BCUT2D eigenvalue weighted by Crippen LogP contribution is -2.36. The number of rotatable bonds is 3. The first-order chi connectivity index (χ1) is 11.1. The van der Waals surface area contributed by atoms with Gasteiger partial charge >= 0.3 is 0 Å². The van der Waals surface area contributed by atoms with Crippen LogP contribution in [0.25, 0.3) is 0 Å². The first kappa shape index (κ1) is 16.3. The van der Waals surface area contributed by atoms with Crippen LogP contribution in [-0.4, -0.2) is 47.2 Å². The summed E-state index contributed by atoms with van der Waals surface area (Å²) in [4.78, 5) is 28.1. The number of nitrogens with zero attached hydrogens (tertiary/aromatic N) is 3. The fourth-order valence-electron chi connectivity index (χ4n) is 3.59. The summed E-state index contributed by atoms with van der Waals surface area (Å²) in [6.45, 7) is 2.91. The van der Waals surface area contributed by atoms with Gasteiger partial charge in [0, 0.05) is 32.6 Å². The van der Waals surface area contributed by atoms with E-state index < -0.39 is 0 Å². The van der Waals surface area contributed by atoms with E-state index in [0.29, 0.717) is 31.1 Å². The van der Waals surface area contributed by atoms with Gasteiger partial charge in [0.1, 0.15) is 5.02 Å². The largest absolute Gasteiger partial charge is 0.367 e. The number of H-pyrrole nitrogens is 1. The summed E-state index contributed by atoms with van der Waals surface area (Å²) in [5, 5.41) is 6.33. The zero-order valence-electron chi connectivity index (χ0n) is 13.3. The van der Waals surface area contributed by atoms with E-state index in [4.69, 9.17) is 11.6 Å². The quantitative estimate of drug-likeness (QED) is 0.915. The molecule has 0 spiro atoms. The SMILES string of the molecule is O=C(CC1CCCC1)N1CCCN(c2cn[nH]c(=O)c2Cl)CC1. The number of hydrogen-bond donors (Lipinski definition) is 1. The van der Waals surface area contributed by atoms with Crippen LogP contribution in [0.5, 0.6) is 0 Å². The molecule has 1 amide bonds. The van der Waals surface area contributed by atoms with E-state index in [-0.39, 0.29) is 16.5 Å². The van der Waals surface area contributed by atoms with Gasteiger partial charge in [-0.1, -0.05) is 24.4 Å². The van der Waals surface area contributed by atoms with Gasteiger partial charge < -0.3 is 9.80 Å². The molecule has 1 saturated heterocycles. The number of hydrogen-bond acceptors (Lipinski definition) is 4. The van der Waals surface area contributed by atoms with Gasteiger partial charge in [0.2, 0.25) is 5.91 Å². The number of aromatic nitrogens is 2. The molecule has 0 bridgehead atoms. The Morgan fingerprint density at radius 1 is 1.22 bits per heavy atom. The van der Waals surface area contributed by atoms with Crippen LogP contribution < -0.4 is 10.5 Å². The highest BCUT2D eigenvalue weighted by molar-refractivity contribution is 6.32. The van der Waals surface area contributed by atoms with E-state index in [2.05, 4.69) is 10.2 Å². The lowest BCUT2D eigenvalue weighted by atomic mass is 10.0. The third-order valence-corrected chi connectivity index (χ3v) is 5.27. The van der Waals surface area contributed by atoms with Crippen molar-refractivity contribution in [3.63, 3.8) is 0 Å². The van der Waals surface area contributed by atoms with E-state index in [0.717, 1.165) is 19.5 Å². The molecule has 6 nitrogen and oxygen atoms in total. The second kappa shape index (κ2) is 7.34. The second-order valence-corrected chi connectivity index (χ2v) is 6.85. The minimum Gasteiger partial charge on any atom is -0.367 e. The van der Waals surface area contributed by atoms with E-state index in [1.165, 1.54) is 25.7 Å². The van der Waals surface area contributed by atoms with Crippen molar-refractivity contribution in [1.82, 2.24) is 15.1 Å². The lowest BCUT2D eigenvalue weighted by molar-refractivity contribution is -0.131. The Morgan fingerprint density at radius 2 is 2.00 bits per heavy atom. The number of carbonyl (C=O) groups is 1. The Kier molecular flexibility index (Phi) is 5.20. The summed E-state index contributed by atoms with van der Waals surface area (Å²) in [6.07, 6.45) is 8.06. The van der Waals surface area contributed by atoms with Gasteiger partial charge in [0.25, 0.3) is 5.56 Å². The predicted molar refractivity (Wildman–Crippen MR) is 89.9 cm³/mol. The van der Waals surface area contributed by atoms with Crippen molar-refractivity contribution in [3.8, 4) is 0 Å². The molecule has 0 unspecified atom stereocenters. The standard InChI is InChI=1S/C16H23ClN4O2/c17-15-13(11-18-19-16(15)23)20-6-3-7-21(9-8-20)14(22)10-12-4-1-2-5-12/h11-12H,1-10H2,(H,19,23). The zero-order valence-corrected chi connectivity index (χ0v) is 14.0. The summed E-state index contributed by atoms with van der Waals surface area (Å²) in [5.74, 6) is 0.849. The minimum atomic E-state index is -0.373. The van der Waals surface area contributed by atoms with E-state index >= 15 is 0 Å². The van der Waals surface area contributed by atoms with E-state index in [1.54, 1.807) is 6.20 Å². The van der Waals surface area contributed by atoms with Crippen LogP contribution >= 0.6 is 11.6 Å². The molecular weight excluding hydrogens is 316 g/mol. The summed E-state index contributed by atoms with van der Waals surface area (Å²) in [6, 6.07) is 0. The van der Waals surface area contributed by atoms with Gasteiger partial charge in [-0.2, -0.15) is 5.10 Å². The molecule has 0 radical (unpaired) electrons. The molecule has 1 aliphatic heterocycles. The molecule has 1 aliphatic carbocycles. The Hall–Kier alpha value is -1.56. The van der Waals surface area contributed by atoms with Gasteiger partial charge in [-0.25, -0.2) is 5.10 Å². The Labute approximate surface area is 140 Å². The highest BCUT2D eigenvalue weighted by atomic mass is 35.5. The molecule has 2 heterocycles. The number of carbonyl (C=O) groups excluding carboxylic acids is 1. The molecular formula is C16H23ClN4O2. The third kappa shape index (κ3) is 3.86. The van der Waals surface area contributed by atoms with Gasteiger partial charge in [-0.15, -0.1) is 0 Å². The Bertz CT molecular complexity index is 612. The van der Waals surface area contributed by atoms with Crippen molar-refractivity contribution >= 4 is 23.2 Å². The number of amides is 1. The van der Waals surface area contributed by atoms with Crippen LogP contribution in [0.15, 0.2) is 11.0 Å². The highest BCUT2D eigenvalue weighted by Gasteiger charge is 2.24. The molecule has 2 fully saturated rings. The fraction of sp³-hybridized carbons (Fsp3) is 0.688. The van der Waals surface area contributed by atoms with Gasteiger partial charge in [0.15, 0.2) is 0 Å². The normalized spacial score (nSPS) is 19.9. The first-order valence-electron chi connectivity index (χ1n) is 8.41. The molecule has 1 aromatic rings. The zero-order chi connectivity index (χ0) is 16.2. The molecule has 2 aliphatic rings. The Balaban J connectivity index is 1.61. The Morgan fingerprint density at radius 3 is 2.78 bits per heavy atom. The van der Waals surface area contributed by atoms with Crippen molar-refractivity contribution in [1.29, 1.82) is 0 Å². The summed E-state index contributed by atoms with van der Waals surface area (Å²) in [7, 11) is 0. The molecule has 126 valence electrons. The maximum Gasteiger partial charge on any atom is 0.285 e. The van der Waals surface area contributed by atoms with E-state index in [9.17, 15) is 9.59 Å². The van der Waals surface area contributed by atoms with Crippen molar-refractivity contribution in [2.75, 3.05) is 31.1 Å². The lowest BCUT2D eigenvalue weighted by Gasteiger charge is -2.24. The molecule has 0 atom stereocenters. The van der Waals surface area contributed by atoms with Crippen LogP contribution in [0.2, 0.25) is 5.02 Å². The van der Waals surface area contributed by atoms with Crippen molar-refractivity contribution in [2.24, 2.45) is 5.92 Å². The topological polar surface area (TPSA) is 69.3 Å². The van der Waals surface area contributed by atoms with Gasteiger partial charge in [0.05, 0.1) is 11.9 Å². The average molecular weight is 339 g/mol. The van der Waals surface area contributed by atoms with Crippen LogP contribution in [0.1, 0.15) is 38.5 Å². The van der Waals surface area contributed by atoms with E-state index in [1.807, 2.05) is 9.80 Å². The summed E-state index contributed by atoms with van der Waals surface area (Å²) < 4.78 is 0. The summed E-state index contributed by atoms with van der Waals surface area (Å²) >= 11 is 6.09. The number of halogens is 1. The number of nitrogens with one attached hydrogen (secondary N) is 1. The highest BCUT2D eigenvalue weighted by Crippen LogP contribution is 2.28. The molecule has 1 N–H and O–H groups in total. The summed E-state index contributed by atoms with van der Waals surface area (Å²) in [5.41, 5.74) is 0.281. The smallest absolute Gasteiger partial charge is 0.285 e. The third-order valence-electron chi connectivity index (χ3n) is 4.90. The fourth-order valence-corrected chi connectivity index (χ4v) is 3.80. The van der Waals surface area contributed by atoms with Crippen LogP contribution in [0.4, 0.5) is 5.69 Å². The van der Waals surface area contributed by atoms with Crippen molar-refractivity contribution in [3.05, 3.63) is 21.6 Å². The van der Waals surface area contributed by atoms with Crippen molar-refractivity contribution in [2.45, 2.75) is 38.5 Å². The monoisotopic (exact) mass is 338 g/mol. The van der Waals surface area contributed by atoms with Crippen LogP contribution in [-0.2, 0) is 4.79 Å². The first-order valence-corrected chi connectivity index (χ1v) is 8.79. The minimum absolute atomic E-state index is 0.172. The number of anilines is 1. The van der Waals surface area contributed by atoms with Crippen LogP contribution in [0, 0.1) is 5.92 Å². The van der Waals surface area contributed by atoms with Gasteiger partial charge in [-0.05, 0) is 25.2 Å². The molecule has 7 heteroatoms. The number of aromatic amines is 1. The molecule has 23 heavy (non-hydrogen) atoms. The maximum absolute atomic E-state index is 12.5. The molecule has 1 saturated carbocycles. The maximum atomic E-state index is 12.5. The molecule has 0 aromatic carbocycles. The van der Waals surface area contributed by atoms with Crippen LogP contribution in [0.3, 0.4) is 0 Å². The van der Waals surface area contributed by atoms with Gasteiger partial charge in [-0.3, -0.25) is 9.59 Å². The predicted octanol–water partition coefficient (Wildman–Crippen LogP) is 2.04. The second-order valence-electron chi connectivity index (χ2n) is 6.47. The average Bonchev–Trinajstić information content (AvgIpc) is 2.92.